The van der Waals surface area contributed by atoms with Crippen molar-refractivity contribution in [2.75, 3.05) is 26.7 Å². The minimum absolute atomic E-state index is 0.727. The summed E-state index contributed by atoms with van der Waals surface area (Å²) in [5.41, 5.74) is 0. The zero-order chi connectivity index (χ0) is 10.5. The smallest absolute Gasteiger partial charge is 0.0536 e. The summed E-state index contributed by atoms with van der Waals surface area (Å²) in [6.07, 6.45) is 6.55. The molecule has 1 aromatic heterocycles. The van der Waals surface area contributed by atoms with Crippen molar-refractivity contribution in [3.63, 3.8) is 0 Å². The third-order valence-electron chi connectivity index (χ3n) is 3.11. The Morgan fingerprint density at radius 3 is 3.13 bits per heavy atom. The summed E-state index contributed by atoms with van der Waals surface area (Å²) < 4.78 is 2.01. The summed E-state index contributed by atoms with van der Waals surface area (Å²) in [6, 6.07) is 2.71. The molecule has 1 atom stereocenters. The molecule has 2 rings (SSSR count). The van der Waals surface area contributed by atoms with E-state index in [1.807, 2.05) is 30.2 Å². The summed E-state index contributed by atoms with van der Waals surface area (Å²) in [7, 11) is 2.03. The molecule has 0 aromatic carbocycles. The molecule has 15 heavy (non-hydrogen) atoms. The number of hydrogen-bond donors (Lipinski definition) is 1. The SMILES string of the molecule is CNCC1CCCN1CCn1cccn1. The molecular formula is C11H20N4. The molecule has 2 heterocycles. The van der Waals surface area contributed by atoms with Gasteiger partial charge in [-0.25, -0.2) is 0 Å². The van der Waals surface area contributed by atoms with Crippen LogP contribution >= 0.6 is 0 Å². The Bertz CT molecular complexity index is 270. The third-order valence-corrected chi connectivity index (χ3v) is 3.11. The molecular weight excluding hydrogens is 188 g/mol. The lowest BCUT2D eigenvalue weighted by Gasteiger charge is -2.23. The van der Waals surface area contributed by atoms with Gasteiger partial charge in [0.1, 0.15) is 0 Å². The molecule has 1 N–H and O–H groups in total. The standard InChI is InChI=1S/C11H20N4/c1-12-10-11-4-2-6-14(11)8-9-15-7-3-5-13-15/h3,5,7,11-12H,2,4,6,8-10H2,1H3. The van der Waals surface area contributed by atoms with Gasteiger partial charge in [0.2, 0.25) is 0 Å². The second-order valence-corrected chi connectivity index (χ2v) is 4.16. The predicted octanol–water partition coefficient (Wildman–Crippen LogP) is 0.567. The molecule has 4 heteroatoms. The first-order valence-corrected chi connectivity index (χ1v) is 5.76. The first-order chi connectivity index (χ1) is 7.40. The molecule has 0 aliphatic carbocycles. The number of nitrogens with zero attached hydrogens (tertiary/aromatic N) is 3. The van der Waals surface area contributed by atoms with Crippen LogP contribution in [0.25, 0.3) is 0 Å². The van der Waals surface area contributed by atoms with Crippen molar-refractivity contribution >= 4 is 0 Å². The predicted molar refractivity (Wildman–Crippen MR) is 60.7 cm³/mol. The van der Waals surface area contributed by atoms with Crippen LogP contribution in [0.4, 0.5) is 0 Å². The van der Waals surface area contributed by atoms with Crippen LogP contribution in [0, 0.1) is 0 Å². The molecule has 1 aliphatic rings. The molecule has 84 valence electrons. The van der Waals surface area contributed by atoms with Gasteiger partial charge in [0.05, 0.1) is 6.54 Å². The quantitative estimate of drug-likeness (QED) is 0.768. The molecule has 0 amide bonds. The van der Waals surface area contributed by atoms with Gasteiger partial charge in [-0.05, 0) is 32.5 Å². The van der Waals surface area contributed by atoms with E-state index in [9.17, 15) is 0 Å². The summed E-state index contributed by atoms with van der Waals surface area (Å²) in [4.78, 5) is 2.57. The van der Waals surface area contributed by atoms with Crippen molar-refractivity contribution in [3.05, 3.63) is 18.5 Å². The number of aromatic nitrogens is 2. The number of likely N-dealkylation sites (tertiary alicyclic amines) is 1. The van der Waals surface area contributed by atoms with Crippen LogP contribution in [0.1, 0.15) is 12.8 Å². The van der Waals surface area contributed by atoms with E-state index in [-0.39, 0.29) is 0 Å². The van der Waals surface area contributed by atoms with Crippen LogP contribution in [0.5, 0.6) is 0 Å². The van der Waals surface area contributed by atoms with E-state index in [2.05, 4.69) is 15.3 Å². The molecule has 4 nitrogen and oxygen atoms in total. The first-order valence-electron chi connectivity index (χ1n) is 5.76. The van der Waals surface area contributed by atoms with Gasteiger partial charge in [-0.2, -0.15) is 5.10 Å². The Morgan fingerprint density at radius 1 is 1.47 bits per heavy atom. The summed E-state index contributed by atoms with van der Waals surface area (Å²) in [5.74, 6) is 0. The maximum Gasteiger partial charge on any atom is 0.0536 e. The lowest BCUT2D eigenvalue weighted by molar-refractivity contribution is 0.237. The Balaban J connectivity index is 1.78. The van der Waals surface area contributed by atoms with Crippen molar-refractivity contribution in [3.8, 4) is 0 Å². The van der Waals surface area contributed by atoms with Crippen LogP contribution in [-0.4, -0.2) is 47.4 Å². The van der Waals surface area contributed by atoms with Crippen LogP contribution in [0.2, 0.25) is 0 Å². The van der Waals surface area contributed by atoms with E-state index in [0.29, 0.717) is 0 Å². The highest BCUT2D eigenvalue weighted by atomic mass is 15.3. The Hall–Kier alpha value is -0.870. The van der Waals surface area contributed by atoms with Gasteiger partial charge in [0, 0.05) is 31.5 Å². The van der Waals surface area contributed by atoms with Crippen molar-refractivity contribution in [2.45, 2.75) is 25.4 Å². The zero-order valence-corrected chi connectivity index (χ0v) is 9.39. The maximum atomic E-state index is 4.22. The van der Waals surface area contributed by atoms with Gasteiger partial charge < -0.3 is 5.32 Å². The zero-order valence-electron chi connectivity index (χ0n) is 9.39. The fourth-order valence-corrected chi connectivity index (χ4v) is 2.32. The van der Waals surface area contributed by atoms with Crippen molar-refractivity contribution < 1.29 is 0 Å². The number of likely N-dealkylation sites (N-methyl/N-ethyl adjacent to an activating group) is 1. The van der Waals surface area contributed by atoms with Crippen molar-refractivity contribution in [1.82, 2.24) is 20.0 Å². The monoisotopic (exact) mass is 208 g/mol. The number of hydrogen-bond acceptors (Lipinski definition) is 3. The van der Waals surface area contributed by atoms with Gasteiger partial charge in [0.25, 0.3) is 0 Å². The molecule has 0 bridgehead atoms. The Labute approximate surface area is 91.3 Å². The average molecular weight is 208 g/mol. The molecule has 0 spiro atoms. The highest BCUT2D eigenvalue weighted by Crippen LogP contribution is 2.15. The van der Waals surface area contributed by atoms with E-state index >= 15 is 0 Å². The average Bonchev–Trinajstić information content (AvgIpc) is 2.85. The first kappa shape index (κ1) is 10.6. The van der Waals surface area contributed by atoms with Gasteiger partial charge in [-0.3, -0.25) is 9.58 Å². The van der Waals surface area contributed by atoms with Crippen LogP contribution in [-0.2, 0) is 6.54 Å². The molecule has 1 aliphatic heterocycles. The Morgan fingerprint density at radius 2 is 2.40 bits per heavy atom. The van der Waals surface area contributed by atoms with Gasteiger partial charge in [-0.15, -0.1) is 0 Å². The number of rotatable bonds is 5. The second-order valence-electron chi connectivity index (χ2n) is 4.16. The minimum Gasteiger partial charge on any atom is -0.318 e. The van der Waals surface area contributed by atoms with Crippen LogP contribution < -0.4 is 5.32 Å². The highest BCUT2D eigenvalue weighted by Gasteiger charge is 2.22. The molecule has 0 radical (unpaired) electrons. The van der Waals surface area contributed by atoms with E-state index in [4.69, 9.17) is 0 Å². The molecule has 0 saturated carbocycles. The molecule has 1 saturated heterocycles. The van der Waals surface area contributed by atoms with E-state index in [1.54, 1.807) is 0 Å². The minimum atomic E-state index is 0.727. The molecule has 1 unspecified atom stereocenters. The summed E-state index contributed by atoms with van der Waals surface area (Å²) >= 11 is 0. The van der Waals surface area contributed by atoms with Gasteiger partial charge in [-0.1, -0.05) is 0 Å². The van der Waals surface area contributed by atoms with Crippen molar-refractivity contribution in [2.24, 2.45) is 0 Å². The number of nitrogens with one attached hydrogen (secondary N) is 1. The van der Waals surface area contributed by atoms with E-state index in [0.717, 1.165) is 25.7 Å². The maximum absolute atomic E-state index is 4.22. The lowest BCUT2D eigenvalue weighted by Crippen LogP contribution is -2.38. The molecule has 1 aromatic rings. The van der Waals surface area contributed by atoms with Crippen LogP contribution in [0.15, 0.2) is 18.5 Å². The van der Waals surface area contributed by atoms with E-state index in [1.165, 1.54) is 19.4 Å². The normalized spacial score (nSPS) is 22.3. The van der Waals surface area contributed by atoms with Gasteiger partial charge >= 0.3 is 0 Å². The van der Waals surface area contributed by atoms with Gasteiger partial charge in [0.15, 0.2) is 0 Å². The van der Waals surface area contributed by atoms with Crippen LogP contribution in [0.3, 0.4) is 0 Å². The highest BCUT2D eigenvalue weighted by molar-refractivity contribution is 4.82. The summed E-state index contributed by atoms with van der Waals surface area (Å²) in [6.45, 7) is 4.48. The third kappa shape index (κ3) is 2.79. The van der Waals surface area contributed by atoms with Crippen molar-refractivity contribution in [1.29, 1.82) is 0 Å². The second kappa shape index (κ2) is 5.28. The fourth-order valence-electron chi connectivity index (χ4n) is 2.32. The molecule has 1 fully saturated rings. The Kier molecular flexibility index (Phi) is 3.75. The lowest BCUT2D eigenvalue weighted by atomic mass is 10.2. The summed E-state index contributed by atoms with van der Waals surface area (Å²) in [5, 5.41) is 7.49. The fraction of sp³-hybridized carbons (Fsp3) is 0.727. The largest absolute Gasteiger partial charge is 0.318 e. The van der Waals surface area contributed by atoms with E-state index < -0.39 is 0 Å². The topological polar surface area (TPSA) is 33.1 Å².